The SMILES string of the molecule is Cc1c(C(=O)NC(=S)Nc2ncccc2O)cccc1[N+](=O)[O-]. The van der Waals surface area contributed by atoms with Gasteiger partial charge in [-0.25, -0.2) is 4.98 Å². The van der Waals surface area contributed by atoms with Gasteiger partial charge in [0, 0.05) is 23.4 Å². The van der Waals surface area contributed by atoms with Crippen molar-refractivity contribution < 1.29 is 14.8 Å². The number of nitro benzene ring substituents is 1. The van der Waals surface area contributed by atoms with Gasteiger partial charge in [0.2, 0.25) is 0 Å². The maximum atomic E-state index is 12.2. The normalized spacial score (nSPS) is 9.96. The Morgan fingerprint density at radius 2 is 2.09 bits per heavy atom. The molecule has 1 aromatic heterocycles. The number of aromatic nitrogens is 1. The van der Waals surface area contributed by atoms with Gasteiger partial charge in [0.1, 0.15) is 0 Å². The smallest absolute Gasteiger partial charge is 0.273 e. The molecule has 0 radical (unpaired) electrons. The second-order valence-corrected chi connectivity index (χ2v) is 4.89. The minimum Gasteiger partial charge on any atom is -0.504 e. The molecule has 2 rings (SSSR count). The third kappa shape index (κ3) is 3.77. The van der Waals surface area contributed by atoms with Crippen LogP contribution in [-0.4, -0.2) is 26.0 Å². The first-order chi connectivity index (χ1) is 10.9. The van der Waals surface area contributed by atoms with E-state index in [4.69, 9.17) is 12.2 Å². The number of carbonyl (C=O) groups excluding carboxylic acids is 1. The zero-order chi connectivity index (χ0) is 17.0. The van der Waals surface area contributed by atoms with Crippen LogP contribution in [0.25, 0.3) is 0 Å². The van der Waals surface area contributed by atoms with Crippen LogP contribution in [-0.2, 0) is 0 Å². The summed E-state index contributed by atoms with van der Waals surface area (Å²) in [5.74, 6) is -0.636. The van der Waals surface area contributed by atoms with E-state index < -0.39 is 10.8 Å². The molecular formula is C14H12N4O4S. The molecule has 118 valence electrons. The summed E-state index contributed by atoms with van der Waals surface area (Å²) in [7, 11) is 0. The monoisotopic (exact) mass is 332 g/mol. The minimum absolute atomic E-state index is 0.0880. The Morgan fingerprint density at radius 3 is 2.74 bits per heavy atom. The van der Waals surface area contributed by atoms with Gasteiger partial charge in [-0.3, -0.25) is 20.2 Å². The van der Waals surface area contributed by atoms with E-state index in [0.29, 0.717) is 0 Å². The van der Waals surface area contributed by atoms with E-state index in [1.54, 1.807) is 0 Å². The highest BCUT2D eigenvalue weighted by atomic mass is 32.1. The number of amides is 1. The zero-order valence-corrected chi connectivity index (χ0v) is 12.8. The third-order valence-corrected chi connectivity index (χ3v) is 3.20. The molecule has 0 saturated heterocycles. The molecule has 0 saturated carbocycles. The molecule has 1 heterocycles. The highest BCUT2D eigenvalue weighted by Crippen LogP contribution is 2.21. The van der Waals surface area contributed by atoms with Gasteiger partial charge in [-0.15, -0.1) is 0 Å². The first-order valence-corrected chi connectivity index (χ1v) is 6.81. The molecule has 3 N–H and O–H groups in total. The summed E-state index contributed by atoms with van der Waals surface area (Å²) in [4.78, 5) is 26.4. The second kappa shape index (κ2) is 6.79. The van der Waals surface area contributed by atoms with Crippen molar-refractivity contribution in [3.8, 4) is 5.75 Å². The first-order valence-electron chi connectivity index (χ1n) is 6.40. The van der Waals surface area contributed by atoms with Crippen LogP contribution in [0.15, 0.2) is 36.5 Å². The molecule has 23 heavy (non-hydrogen) atoms. The summed E-state index contributed by atoms with van der Waals surface area (Å²) in [6.45, 7) is 1.48. The van der Waals surface area contributed by atoms with Crippen LogP contribution >= 0.6 is 12.2 Å². The minimum atomic E-state index is -0.598. The number of rotatable bonds is 3. The third-order valence-electron chi connectivity index (χ3n) is 2.99. The number of carbonyl (C=O) groups is 1. The number of thiocarbonyl (C=S) groups is 1. The van der Waals surface area contributed by atoms with Crippen molar-refractivity contribution in [2.24, 2.45) is 0 Å². The molecule has 0 aliphatic carbocycles. The number of nitrogens with zero attached hydrogens (tertiary/aromatic N) is 2. The van der Waals surface area contributed by atoms with Gasteiger partial charge in [-0.1, -0.05) is 6.07 Å². The number of benzene rings is 1. The predicted octanol–water partition coefficient (Wildman–Crippen LogP) is 2.13. The summed E-state index contributed by atoms with van der Waals surface area (Å²) in [6.07, 6.45) is 1.44. The van der Waals surface area contributed by atoms with Gasteiger partial charge >= 0.3 is 0 Å². The number of anilines is 1. The van der Waals surface area contributed by atoms with E-state index in [-0.39, 0.29) is 33.5 Å². The molecule has 0 aliphatic rings. The van der Waals surface area contributed by atoms with Crippen LogP contribution in [0.3, 0.4) is 0 Å². The largest absolute Gasteiger partial charge is 0.504 e. The summed E-state index contributed by atoms with van der Waals surface area (Å²) in [6, 6.07) is 7.13. The van der Waals surface area contributed by atoms with Crippen LogP contribution in [0.1, 0.15) is 15.9 Å². The standard InChI is InChI=1S/C14H12N4O4S/c1-8-9(4-2-5-10(8)18(21)22)13(20)17-14(23)16-12-11(19)6-3-7-15-12/h2-7,19H,1H3,(H2,15,16,17,20,23). The molecule has 1 aromatic carbocycles. The summed E-state index contributed by atoms with van der Waals surface area (Å²) in [5.41, 5.74) is 0.214. The van der Waals surface area contributed by atoms with Crippen molar-refractivity contribution in [3.05, 3.63) is 57.8 Å². The molecular weight excluding hydrogens is 320 g/mol. The van der Waals surface area contributed by atoms with E-state index in [0.717, 1.165) is 0 Å². The molecule has 0 atom stereocenters. The van der Waals surface area contributed by atoms with Crippen molar-refractivity contribution >= 4 is 34.7 Å². The van der Waals surface area contributed by atoms with Crippen molar-refractivity contribution in [2.75, 3.05) is 5.32 Å². The number of nitro groups is 1. The summed E-state index contributed by atoms with van der Waals surface area (Å²) >= 11 is 4.97. The maximum absolute atomic E-state index is 12.2. The van der Waals surface area contributed by atoms with Crippen LogP contribution in [0, 0.1) is 17.0 Å². The van der Waals surface area contributed by atoms with Crippen LogP contribution < -0.4 is 10.6 Å². The average Bonchev–Trinajstić information content (AvgIpc) is 2.49. The van der Waals surface area contributed by atoms with Gasteiger partial charge in [0.05, 0.1) is 4.92 Å². The topological polar surface area (TPSA) is 117 Å². The Bertz CT molecular complexity index is 794. The van der Waals surface area contributed by atoms with E-state index >= 15 is 0 Å². The second-order valence-electron chi connectivity index (χ2n) is 4.49. The fourth-order valence-corrected chi connectivity index (χ4v) is 2.06. The fraction of sp³-hybridized carbons (Fsp3) is 0.0714. The molecule has 9 heteroatoms. The molecule has 0 bridgehead atoms. The number of aromatic hydroxyl groups is 1. The van der Waals surface area contributed by atoms with Crippen LogP contribution in [0.2, 0.25) is 0 Å². The highest BCUT2D eigenvalue weighted by molar-refractivity contribution is 7.80. The number of pyridine rings is 1. The van der Waals surface area contributed by atoms with Gasteiger partial charge in [-0.2, -0.15) is 0 Å². The predicted molar refractivity (Wildman–Crippen MR) is 87.4 cm³/mol. The number of hydrogen-bond acceptors (Lipinski definition) is 6. The van der Waals surface area contributed by atoms with Crippen molar-refractivity contribution in [3.63, 3.8) is 0 Å². The van der Waals surface area contributed by atoms with Gasteiger partial charge in [0.25, 0.3) is 11.6 Å². The van der Waals surface area contributed by atoms with Gasteiger partial charge in [0.15, 0.2) is 16.7 Å². The quantitative estimate of drug-likeness (QED) is 0.448. The maximum Gasteiger partial charge on any atom is 0.273 e. The summed E-state index contributed by atoms with van der Waals surface area (Å²) in [5, 5.41) is 25.3. The van der Waals surface area contributed by atoms with Gasteiger partial charge in [-0.05, 0) is 37.3 Å². The zero-order valence-electron chi connectivity index (χ0n) is 11.9. The number of hydrogen-bond donors (Lipinski definition) is 3. The van der Waals surface area contributed by atoms with E-state index in [1.807, 2.05) is 0 Å². The Kier molecular flexibility index (Phi) is 4.82. The summed E-state index contributed by atoms with van der Waals surface area (Å²) < 4.78 is 0. The van der Waals surface area contributed by atoms with Crippen LogP contribution in [0.5, 0.6) is 5.75 Å². The lowest BCUT2D eigenvalue weighted by molar-refractivity contribution is -0.385. The molecule has 1 amide bonds. The van der Waals surface area contributed by atoms with Crippen molar-refractivity contribution in [1.82, 2.24) is 10.3 Å². The van der Waals surface area contributed by atoms with Crippen LogP contribution in [0.4, 0.5) is 11.5 Å². The highest BCUT2D eigenvalue weighted by Gasteiger charge is 2.18. The van der Waals surface area contributed by atoms with Gasteiger partial charge < -0.3 is 10.4 Å². The Morgan fingerprint density at radius 1 is 1.35 bits per heavy atom. The Hall–Kier alpha value is -3.07. The van der Waals surface area contributed by atoms with E-state index in [1.165, 1.54) is 43.5 Å². The molecule has 0 fully saturated rings. The molecule has 0 unspecified atom stereocenters. The Labute approximate surface area is 136 Å². The lowest BCUT2D eigenvalue weighted by atomic mass is 10.1. The molecule has 2 aromatic rings. The lowest BCUT2D eigenvalue weighted by Crippen LogP contribution is -2.34. The lowest BCUT2D eigenvalue weighted by Gasteiger charge is -2.11. The molecule has 8 nitrogen and oxygen atoms in total. The first kappa shape index (κ1) is 16.3. The van der Waals surface area contributed by atoms with Crippen molar-refractivity contribution in [1.29, 1.82) is 0 Å². The molecule has 0 aliphatic heterocycles. The van der Waals surface area contributed by atoms with Crippen molar-refractivity contribution in [2.45, 2.75) is 6.92 Å². The fourth-order valence-electron chi connectivity index (χ4n) is 1.87. The molecule has 0 spiro atoms. The van der Waals surface area contributed by atoms with E-state index in [9.17, 15) is 20.0 Å². The van der Waals surface area contributed by atoms with E-state index in [2.05, 4.69) is 15.6 Å². The number of nitrogens with one attached hydrogen (secondary N) is 2. The average molecular weight is 332 g/mol. The Balaban J connectivity index is 2.13.